The van der Waals surface area contributed by atoms with Gasteiger partial charge < -0.3 is 14.4 Å². The van der Waals surface area contributed by atoms with Crippen LogP contribution in [0.15, 0.2) is 89.9 Å². The summed E-state index contributed by atoms with van der Waals surface area (Å²) < 4.78 is 22.1. The van der Waals surface area contributed by atoms with Crippen LogP contribution in [0.25, 0.3) is 20.7 Å². The second kappa shape index (κ2) is 12.4. The summed E-state index contributed by atoms with van der Waals surface area (Å²) in [5.41, 5.74) is 3.72. The molecule has 212 valence electrons. The molecule has 0 saturated carbocycles. The Morgan fingerprint density at radius 2 is 1.66 bits per heavy atom. The highest BCUT2D eigenvalue weighted by molar-refractivity contribution is 7.22. The number of aliphatic hydroxyl groups is 1. The molecule has 5 rings (SSSR count). The molecule has 0 bridgehead atoms. The molecule has 7 heteroatoms. The van der Waals surface area contributed by atoms with E-state index in [0.29, 0.717) is 29.6 Å². The first-order valence-corrected chi connectivity index (χ1v) is 14.6. The van der Waals surface area contributed by atoms with E-state index in [-0.39, 0.29) is 23.7 Å². The number of benzene rings is 3. The lowest BCUT2D eigenvalue weighted by molar-refractivity contribution is 0.125. The van der Waals surface area contributed by atoms with Crippen LogP contribution in [0.3, 0.4) is 0 Å². The maximum absolute atomic E-state index is 14.8. The Morgan fingerprint density at radius 1 is 0.976 bits per heavy atom. The van der Waals surface area contributed by atoms with Gasteiger partial charge in [-0.3, -0.25) is 9.69 Å². The van der Waals surface area contributed by atoms with Gasteiger partial charge in [-0.15, -0.1) is 11.3 Å². The van der Waals surface area contributed by atoms with Crippen molar-refractivity contribution in [2.24, 2.45) is 5.92 Å². The van der Waals surface area contributed by atoms with Crippen LogP contribution in [0, 0.1) is 11.7 Å². The predicted molar refractivity (Wildman–Crippen MR) is 165 cm³/mol. The van der Waals surface area contributed by atoms with E-state index < -0.39 is 6.10 Å². The molecule has 0 aliphatic rings. The molecule has 0 aliphatic heterocycles. The van der Waals surface area contributed by atoms with Crippen molar-refractivity contribution in [3.63, 3.8) is 0 Å². The summed E-state index contributed by atoms with van der Waals surface area (Å²) in [7, 11) is 3.67. The number of thiophene rings is 1. The monoisotopic (exact) mass is 570 g/mol. The van der Waals surface area contributed by atoms with Gasteiger partial charge >= 0.3 is 0 Å². The van der Waals surface area contributed by atoms with Gasteiger partial charge in [0.05, 0.1) is 25.1 Å². The number of ether oxygens (including phenoxy) is 1. The molecule has 2 heterocycles. The average molecular weight is 571 g/mol. The Morgan fingerprint density at radius 3 is 2.32 bits per heavy atom. The third-order valence-corrected chi connectivity index (χ3v) is 8.68. The minimum absolute atomic E-state index is 0.161. The summed E-state index contributed by atoms with van der Waals surface area (Å²) >= 11 is 1.52. The van der Waals surface area contributed by atoms with E-state index in [2.05, 4.69) is 17.0 Å². The lowest BCUT2D eigenvalue weighted by Crippen LogP contribution is -2.22. The van der Waals surface area contributed by atoms with Crippen LogP contribution in [0.1, 0.15) is 42.2 Å². The molecule has 5 nitrogen and oxygen atoms in total. The molecule has 0 radical (unpaired) electrons. The second-order valence-electron chi connectivity index (χ2n) is 10.8. The number of rotatable bonds is 10. The zero-order chi connectivity index (χ0) is 29.1. The van der Waals surface area contributed by atoms with Gasteiger partial charge in [0.2, 0.25) is 0 Å². The third-order valence-electron chi connectivity index (χ3n) is 7.36. The van der Waals surface area contributed by atoms with E-state index in [1.54, 1.807) is 25.4 Å². The molecular weight excluding hydrogens is 535 g/mol. The highest BCUT2D eigenvalue weighted by Crippen LogP contribution is 2.40. The quantitative estimate of drug-likeness (QED) is 0.192. The van der Waals surface area contributed by atoms with E-state index >= 15 is 0 Å². The number of methoxy groups -OCH3 is 1. The van der Waals surface area contributed by atoms with Gasteiger partial charge in [-0.05, 0) is 60.0 Å². The molecule has 0 aliphatic carbocycles. The number of nitrogens with zero attached hydrogens (tertiary/aromatic N) is 2. The molecule has 41 heavy (non-hydrogen) atoms. The van der Waals surface area contributed by atoms with Crippen LogP contribution in [-0.4, -0.2) is 28.7 Å². The van der Waals surface area contributed by atoms with Gasteiger partial charge in [-0.1, -0.05) is 62.4 Å². The summed E-state index contributed by atoms with van der Waals surface area (Å²) in [5, 5.41) is 11.7. The standard InChI is InChI=1S/C34H35FN2O3S/c1-22(2)31(38)28-21-37(19-25-12-8-9-13-29(25)35)34-30(32(28)39)27(20-36(3)18-23-10-6-5-7-11-23)33(41-34)24-14-16-26(40-4)17-15-24/h5-17,21-22,31,38H,18-20H2,1-4H3. The molecular formula is C34H35FN2O3S. The molecule has 3 aromatic carbocycles. The maximum Gasteiger partial charge on any atom is 0.196 e. The molecule has 1 atom stereocenters. The Kier molecular flexibility index (Phi) is 8.68. The molecule has 5 aromatic rings. The summed E-state index contributed by atoms with van der Waals surface area (Å²) in [6.45, 7) is 5.24. The number of hydrogen-bond donors (Lipinski definition) is 1. The van der Waals surface area contributed by atoms with E-state index in [4.69, 9.17) is 4.74 Å². The van der Waals surface area contributed by atoms with Crippen LogP contribution in [0.2, 0.25) is 0 Å². The van der Waals surface area contributed by atoms with Crippen molar-refractivity contribution in [2.45, 2.75) is 39.6 Å². The van der Waals surface area contributed by atoms with E-state index in [9.17, 15) is 14.3 Å². The molecule has 2 aromatic heterocycles. The fraction of sp³-hybridized carbons (Fsp3) is 0.265. The van der Waals surface area contributed by atoms with Crippen LogP contribution in [-0.2, 0) is 19.6 Å². The Balaban J connectivity index is 1.73. The van der Waals surface area contributed by atoms with Crippen molar-refractivity contribution in [1.82, 2.24) is 9.47 Å². The summed E-state index contributed by atoms with van der Waals surface area (Å²) in [6, 6.07) is 24.7. The number of pyridine rings is 1. The normalized spacial score (nSPS) is 12.4. The topological polar surface area (TPSA) is 54.7 Å². The molecule has 1 unspecified atom stereocenters. The van der Waals surface area contributed by atoms with Crippen molar-refractivity contribution >= 4 is 21.6 Å². The van der Waals surface area contributed by atoms with Crippen LogP contribution < -0.4 is 10.2 Å². The Bertz CT molecular complexity index is 1690. The lowest BCUT2D eigenvalue weighted by atomic mass is 9.97. The number of hydrogen-bond acceptors (Lipinski definition) is 5. The predicted octanol–water partition coefficient (Wildman–Crippen LogP) is 7.25. The van der Waals surface area contributed by atoms with E-state index in [1.807, 2.05) is 74.0 Å². The molecule has 0 fully saturated rings. The number of aliphatic hydroxyl groups excluding tert-OH is 1. The van der Waals surface area contributed by atoms with Crippen molar-refractivity contribution in [2.75, 3.05) is 14.2 Å². The van der Waals surface area contributed by atoms with Crippen LogP contribution in [0.4, 0.5) is 4.39 Å². The zero-order valence-electron chi connectivity index (χ0n) is 23.8. The largest absolute Gasteiger partial charge is 0.497 e. The minimum atomic E-state index is -0.946. The van der Waals surface area contributed by atoms with Gasteiger partial charge in [0.25, 0.3) is 0 Å². The van der Waals surface area contributed by atoms with Gasteiger partial charge in [0, 0.05) is 35.3 Å². The van der Waals surface area contributed by atoms with Crippen molar-refractivity contribution in [3.8, 4) is 16.2 Å². The van der Waals surface area contributed by atoms with Crippen molar-refractivity contribution < 1.29 is 14.2 Å². The summed E-state index contributed by atoms with van der Waals surface area (Å²) in [4.78, 5) is 18.1. The Hall–Kier alpha value is -3.78. The molecule has 0 spiro atoms. The van der Waals surface area contributed by atoms with Crippen molar-refractivity contribution in [3.05, 3.63) is 123 Å². The fourth-order valence-electron chi connectivity index (χ4n) is 5.16. The van der Waals surface area contributed by atoms with Gasteiger partial charge in [-0.2, -0.15) is 0 Å². The van der Waals surface area contributed by atoms with Gasteiger partial charge in [0.15, 0.2) is 5.43 Å². The molecule has 1 N–H and O–H groups in total. The average Bonchev–Trinajstić information content (AvgIpc) is 3.35. The zero-order valence-corrected chi connectivity index (χ0v) is 24.6. The lowest BCUT2D eigenvalue weighted by Gasteiger charge is -2.20. The SMILES string of the molecule is COc1ccc(-c2sc3c(c2CN(C)Cc2ccccc2)c(=O)c(C(O)C(C)C)cn3Cc2ccccc2F)cc1. The maximum atomic E-state index is 14.8. The Labute approximate surface area is 244 Å². The van der Waals surface area contributed by atoms with E-state index in [1.165, 1.54) is 23.0 Å². The minimum Gasteiger partial charge on any atom is -0.497 e. The summed E-state index contributed by atoms with van der Waals surface area (Å²) in [6.07, 6.45) is 0.770. The summed E-state index contributed by atoms with van der Waals surface area (Å²) in [5.74, 6) is 0.282. The number of halogens is 1. The van der Waals surface area contributed by atoms with E-state index in [0.717, 1.165) is 26.6 Å². The first-order valence-electron chi connectivity index (χ1n) is 13.7. The van der Waals surface area contributed by atoms with Gasteiger partial charge in [0.1, 0.15) is 16.4 Å². The van der Waals surface area contributed by atoms with Crippen LogP contribution in [0.5, 0.6) is 5.75 Å². The number of fused-ring (bicyclic) bond motifs is 1. The molecule has 0 saturated heterocycles. The van der Waals surface area contributed by atoms with Gasteiger partial charge in [-0.25, -0.2) is 4.39 Å². The van der Waals surface area contributed by atoms with Crippen molar-refractivity contribution in [1.29, 1.82) is 0 Å². The third kappa shape index (κ3) is 6.12. The first-order chi connectivity index (χ1) is 19.8. The highest BCUT2D eigenvalue weighted by atomic mass is 32.1. The first kappa shape index (κ1) is 28.7. The molecule has 0 amide bonds. The smallest absolute Gasteiger partial charge is 0.196 e. The second-order valence-corrected chi connectivity index (χ2v) is 11.8. The fourth-order valence-corrected chi connectivity index (χ4v) is 6.45. The van der Waals surface area contributed by atoms with Crippen LogP contribution >= 0.6 is 11.3 Å². The highest BCUT2D eigenvalue weighted by Gasteiger charge is 2.25. The number of aromatic nitrogens is 1.